The number of nitrogens with one attached hydrogen (secondary N) is 1. The fourth-order valence-electron chi connectivity index (χ4n) is 2.55. The van der Waals surface area contributed by atoms with Crippen molar-refractivity contribution in [3.05, 3.63) is 48.5 Å². The fourth-order valence-corrected chi connectivity index (χ4v) is 2.55. The van der Waals surface area contributed by atoms with Crippen molar-refractivity contribution in [2.24, 2.45) is 0 Å². The third-order valence-corrected chi connectivity index (χ3v) is 3.55. The van der Waals surface area contributed by atoms with Gasteiger partial charge in [-0.25, -0.2) is 19.3 Å². The molecule has 4 heterocycles. The summed E-state index contributed by atoms with van der Waals surface area (Å²) in [6.45, 7) is 2.06. The molecule has 0 aliphatic rings. The molecule has 0 fully saturated rings. The minimum atomic E-state index is -0.439. The third-order valence-electron chi connectivity index (χ3n) is 3.55. The Kier molecular flexibility index (Phi) is 3.04. The van der Waals surface area contributed by atoms with Gasteiger partial charge in [0.05, 0.1) is 6.61 Å². The highest BCUT2D eigenvalue weighted by atomic mass is 16.5. The normalized spacial score (nSPS) is 11.2. The Morgan fingerprint density at radius 1 is 1.39 bits per heavy atom. The molecule has 0 aromatic carbocycles. The van der Waals surface area contributed by atoms with Crippen LogP contribution in [0.4, 0.5) is 0 Å². The van der Waals surface area contributed by atoms with Crippen LogP contribution in [0.5, 0.6) is 0 Å². The van der Waals surface area contributed by atoms with E-state index in [1.165, 1.54) is 0 Å². The molecule has 0 saturated carbocycles. The largest absolute Gasteiger partial charge is 0.462 e. The molecular formula is C16H13N5O2. The summed E-state index contributed by atoms with van der Waals surface area (Å²) in [6, 6.07) is 5.61. The number of fused-ring (bicyclic) bond motifs is 2. The monoisotopic (exact) mass is 307 g/mol. The quantitative estimate of drug-likeness (QED) is 0.588. The first-order chi connectivity index (χ1) is 11.3. The smallest absolute Gasteiger partial charge is 0.344 e. The topological polar surface area (TPSA) is 85.2 Å². The summed E-state index contributed by atoms with van der Waals surface area (Å²) in [6.07, 6.45) is 6.87. The molecule has 0 amide bonds. The summed E-state index contributed by atoms with van der Waals surface area (Å²) in [7, 11) is 0. The molecule has 4 aromatic heterocycles. The average Bonchev–Trinajstić information content (AvgIpc) is 3.18. The molecule has 4 rings (SSSR count). The number of rotatable bonds is 3. The SMILES string of the molecule is CCOC(=O)c1c(-c2cnc3[nH]ccc3c2)nn2cccnc12. The molecule has 0 saturated heterocycles. The van der Waals surface area contributed by atoms with Gasteiger partial charge >= 0.3 is 5.97 Å². The second kappa shape index (κ2) is 5.20. The second-order valence-electron chi connectivity index (χ2n) is 4.97. The third kappa shape index (κ3) is 2.13. The maximum atomic E-state index is 12.4. The molecule has 0 aliphatic heterocycles. The number of pyridine rings is 1. The standard InChI is InChI=1S/C16H13N5O2/c1-2-23-16(22)12-13(20-21-7-3-5-18-15(12)21)11-8-10-4-6-17-14(10)19-9-11/h3-9H,2H2,1H3,(H,17,19). The molecule has 0 bridgehead atoms. The fraction of sp³-hybridized carbons (Fsp3) is 0.125. The van der Waals surface area contributed by atoms with Gasteiger partial charge in [0.1, 0.15) is 16.9 Å². The Bertz CT molecular complexity index is 1020. The maximum Gasteiger partial charge on any atom is 0.344 e. The molecule has 23 heavy (non-hydrogen) atoms. The highest BCUT2D eigenvalue weighted by Crippen LogP contribution is 2.27. The van der Waals surface area contributed by atoms with Crippen LogP contribution in [0.2, 0.25) is 0 Å². The van der Waals surface area contributed by atoms with E-state index in [1.807, 2.05) is 18.3 Å². The number of aromatic nitrogens is 5. The Morgan fingerprint density at radius 3 is 3.17 bits per heavy atom. The minimum Gasteiger partial charge on any atom is -0.462 e. The molecule has 0 atom stereocenters. The molecule has 1 N–H and O–H groups in total. The van der Waals surface area contributed by atoms with E-state index in [4.69, 9.17) is 4.74 Å². The summed E-state index contributed by atoms with van der Waals surface area (Å²) in [5, 5.41) is 5.43. The number of hydrogen-bond acceptors (Lipinski definition) is 5. The van der Waals surface area contributed by atoms with Crippen LogP contribution in [-0.2, 0) is 4.74 Å². The molecule has 0 aliphatic carbocycles. The summed E-state index contributed by atoms with van der Waals surface area (Å²) in [5.41, 5.74) is 2.86. The highest BCUT2D eigenvalue weighted by molar-refractivity contribution is 6.02. The van der Waals surface area contributed by atoms with E-state index in [2.05, 4.69) is 20.1 Å². The molecular weight excluding hydrogens is 294 g/mol. The van der Waals surface area contributed by atoms with Crippen LogP contribution in [0.25, 0.3) is 27.9 Å². The van der Waals surface area contributed by atoms with Crippen LogP contribution in [0.1, 0.15) is 17.3 Å². The van der Waals surface area contributed by atoms with Crippen LogP contribution in [0.15, 0.2) is 43.0 Å². The zero-order valence-electron chi connectivity index (χ0n) is 12.4. The number of nitrogens with zero attached hydrogens (tertiary/aromatic N) is 4. The molecule has 114 valence electrons. The van der Waals surface area contributed by atoms with E-state index < -0.39 is 5.97 Å². The molecule has 0 spiro atoms. The number of aromatic amines is 1. The van der Waals surface area contributed by atoms with Crippen LogP contribution < -0.4 is 0 Å². The van der Waals surface area contributed by atoms with Gasteiger partial charge < -0.3 is 9.72 Å². The van der Waals surface area contributed by atoms with E-state index in [9.17, 15) is 4.79 Å². The average molecular weight is 307 g/mol. The van der Waals surface area contributed by atoms with Crippen LogP contribution in [-0.4, -0.2) is 37.1 Å². The van der Waals surface area contributed by atoms with Gasteiger partial charge in [-0.15, -0.1) is 0 Å². The molecule has 7 heteroatoms. The van der Waals surface area contributed by atoms with E-state index in [0.29, 0.717) is 16.9 Å². The zero-order chi connectivity index (χ0) is 15.8. The lowest BCUT2D eigenvalue weighted by atomic mass is 10.1. The number of carbonyl (C=O) groups is 1. The lowest BCUT2D eigenvalue weighted by molar-refractivity contribution is 0.0529. The zero-order valence-corrected chi connectivity index (χ0v) is 12.4. The Hall–Kier alpha value is -3.22. The summed E-state index contributed by atoms with van der Waals surface area (Å²) < 4.78 is 6.74. The lowest BCUT2D eigenvalue weighted by Gasteiger charge is -2.03. The van der Waals surface area contributed by atoms with Crippen molar-refractivity contribution in [2.75, 3.05) is 6.61 Å². The van der Waals surface area contributed by atoms with Crippen molar-refractivity contribution in [3.63, 3.8) is 0 Å². The van der Waals surface area contributed by atoms with E-state index in [1.54, 1.807) is 36.1 Å². The first-order valence-electron chi connectivity index (χ1n) is 7.22. The van der Waals surface area contributed by atoms with E-state index in [-0.39, 0.29) is 6.61 Å². The van der Waals surface area contributed by atoms with Crippen LogP contribution in [0.3, 0.4) is 0 Å². The van der Waals surface area contributed by atoms with Gasteiger partial charge in [-0.3, -0.25) is 0 Å². The lowest BCUT2D eigenvalue weighted by Crippen LogP contribution is -2.06. The van der Waals surface area contributed by atoms with Gasteiger partial charge in [0.25, 0.3) is 0 Å². The van der Waals surface area contributed by atoms with Gasteiger partial charge in [-0.2, -0.15) is 5.10 Å². The Balaban J connectivity index is 1.97. The molecule has 0 unspecified atom stereocenters. The number of esters is 1. The number of carbonyl (C=O) groups excluding carboxylic acids is 1. The van der Waals surface area contributed by atoms with Crippen LogP contribution >= 0.6 is 0 Å². The van der Waals surface area contributed by atoms with Gasteiger partial charge in [0.2, 0.25) is 0 Å². The maximum absolute atomic E-state index is 12.4. The predicted molar refractivity (Wildman–Crippen MR) is 84.0 cm³/mol. The van der Waals surface area contributed by atoms with Gasteiger partial charge in [0, 0.05) is 35.7 Å². The van der Waals surface area contributed by atoms with Crippen molar-refractivity contribution >= 4 is 22.6 Å². The van der Waals surface area contributed by atoms with E-state index in [0.717, 1.165) is 16.6 Å². The molecule has 4 aromatic rings. The summed E-state index contributed by atoms with van der Waals surface area (Å²) in [5.74, 6) is -0.439. The van der Waals surface area contributed by atoms with E-state index >= 15 is 0 Å². The van der Waals surface area contributed by atoms with Crippen molar-refractivity contribution in [1.29, 1.82) is 0 Å². The summed E-state index contributed by atoms with van der Waals surface area (Å²) >= 11 is 0. The first kappa shape index (κ1) is 13.4. The number of ether oxygens (including phenoxy) is 1. The van der Waals surface area contributed by atoms with Crippen molar-refractivity contribution in [2.45, 2.75) is 6.92 Å². The second-order valence-corrected chi connectivity index (χ2v) is 4.97. The summed E-state index contributed by atoms with van der Waals surface area (Å²) in [4.78, 5) is 24.0. The molecule has 7 nitrogen and oxygen atoms in total. The van der Waals surface area contributed by atoms with Gasteiger partial charge in [0.15, 0.2) is 5.65 Å². The Morgan fingerprint density at radius 2 is 2.30 bits per heavy atom. The van der Waals surface area contributed by atoms with Gasteiger partial charge in [-0.05, 0) is 25.1 Å². The van der Waals surface area contributed by atoms with Crippen molar-refractivity contribution in [3.8, 4) is 11.3 Å². The number of H-pyrrole nitrogens is 1. The Labute approximate surface area is 130 Å². The predicted octanol–water partition coefficient (Wildman–Crippen LogP) is 2.45. The van der Waals surface area contributed by atoms with Gasteiger partial charge in [-0.1, -0.05) is 0 Å². The molecule has 0 radical (unpaired) electrons. The minimum absolute atomic E-state index is 0.289. The first-order valence-corrected chi connectivity index (χ1v) is 7.22. The highest BCUT2D eigenvalue weighted by Gasteiger charge is 2.23. The van der Waals surface area contributed by atoms with Crippen molar-refractivity contribution in [1.82, 2.24) is 24.6 Å². The number of hydrogen-bond donors (Lipinski definition) is 1. The van der Waals surface area contributed by atoms with Crippen molar-refractivity contribution < 1.29 is 9.53 Å². The van der Waals surface area contributed by atoms with Crippen LogP contribution in [0, 0.1) is 0 Å².